The predicted molar refractivity (Wildman–Crippen MR) is 123 cm³/mol. The van der Waals surface area contributed by atoms with Crippen LogP contribution in [0.2, 0.25) is 0 Å². The number of amides is 1. The standard InChI is InChI=1S/C22H20N4O2S2/c1-2-29-20-16(18(23)27)17-19(24-20)25-22(30-13-14-9-5-3-6-10-14)26(21(17)28)15-11-7-4-8-12-15/h3-12,24H,2,13H2,1H3,(H2,23,27). The molecule has 0 aliphatic heterocycles. The van der Waals surface area contributed by atoms with Crippen molar-refractivity contribution in [3.8, 4) is 5.69 Å². The molecule has 0 fully saturated rings. The molecule has 1 amide bonds. The minimum Gasteiger partial charge on any atom is -0.365 e. The minimum absolute atomic E-state index is 0.207. The smallest absolute Gasteiger partial charge is 0.269 e. The van der Waals surface area contributed by atoms with E-state index in [0.717, 1.165) is 11.3 Å². The minimum atomic E-state index is -0.639. The molecule has 8 heteroatoms. The summed E-state index contributed by atoms with van der Waals surface area (Å²) in [6.07, 6.45) is 0. The third-order valence-electron chi connectivity index (χ3n) is 4.52. The van der Waals surface area contributed by atoms with Crippen molar-refractivity contribution in [1.29, 1.82) is 0 Å². The van der Waals surface area contributed by atoms with Gasteiger partial charge in [0.2, 0.25) is 0 Å². The highest BCUT2D eigenvalue weighted by atomic mass is 32.2. The van der Waals surface area contributed by atoms with Crippen molar-refractivity contribution in [2.75, 3.05) is 5.75 Å². The van der Waals surface area contributed by atoms with Crippen molar-refractivity contribution in [1.82, 2.24) is 14.5 Å². The SMILES string of the molecule is CCSc1[nH]c2nc(SCc3ccccc3)n(-c3ccccc3)c(=O)c2c1C(N)=O. The highest BCUT2D eigenvalue weighted by molar-refractivity contribution is 7.99. The van der Waals surface area contributed by atoms with Gasteiger partial charge in [-0.15, -0.1) is 11.8 Å². The molecule has 2 aromatic heterocycles. The molecule has 0 spiro atoms. The monoisotopic (exact) mass is 436 g/mol. The molecule has 0 radical (unpaired) electrons. The van der Waals surface area contributed by atoms with Crippen molar-refractivity contribution in [2.45, 2.75) is 22.9 Å². The van der Waals surface area contributed by atoms with E-state index >= 15 is 0 Å². The first-order valence-corrected chi connectivity index (χ1v) is 11.4. The Morgan fingerprint density at radius 1 is 1.07 bits per heavy atom. The van der Waals surface area contributed by atoms with E-state index in [1.165, 1.54) is 23.5 Å². The molecular formula is C22H20N4O2S2. The molecule has 30 heavy (non-hydrogen) atoms. The summed E-state index contributed by atoms with van der Waals surface area (Å²) in [5.74, 6) is 0.752. The van der Waals surface area contributed by atoms with Gasteiger partial charge >= 0.3 is 0 Å². The fourth-order valence-corrected chi connectivity index (χ4v) is 4.98. The van der Waals surface area contributed by atoms with E-state index in [9.17, 15) is 9.59 Å². The molecule has 0 saturated carbocycles. The maximum atomic E-state index is 13.6. The lowest BCUT2D eigenvalue weighted by Gasteiger charge is -2.12. The lowest BCUT2D eigenvalue weighted by atomic mass is 10.2. The van der Waals surface area contributed by atoms with Crippen LogP contribution in [0, 0.1) is 0 Å². The summed E-state index contributed by atoms with van der Waals surface area (Å²) in [4.78, 5) is 33.6. The molecule has 0 unspecified atom stereocenters. The summed E-state index contributed by atoms with van der Waals surface area (Å²) in [6, 6.07) is 19.3. The van der Waals surface area contributed by atoms with E-state index in [4.69, 9.17) is 10.7 Å². The number of H-pyrrole nitrogens is 1. The Morgan fingerprint density at radius 3 is 2.37 bits per heavy atom. The van der Waals surface area contributed by atoms with Crippen LogP contribution in [0.15, 0.2) is 75.6 Å². The van der Waals surface area contributed by atoms with Gasteiger partial charge in [0.15, 0.2) is 5.16 Å². The van der Waals surface area contributed by atoms with Gasteiger partial charge in [-0.25, -0.2) is 4.98 Å². The largest absolute Gasteiger partial charge is 0.365 e. The van der Waals surface area contributed by atoms with Crippen molar-refractivity contribution >= 4 is 40.5 Å². The van der Waals surface area contributed by atoms with E-state index in [1.807, 2.05) is 67.6 Å². The Kier molecular flexibility index (Phi) is 5.96. The molecule has 0 saturated heterocycles. The average molecular weight is 437 g/mol. The number of aromatic nitrogens is 3. The van der Waals surface area contributed by atoms with Crippen LogP contribution >= 0.6 is 23.5 Å². The first-order chi connectivity index (χ1) is 14.6. The van der Waals surface area contributed by atoms with Crippen molar-refractivity contribution in [3.63, 3.8) is 0 Å². The number of rotatable bonds is 7. The van der Waals surface area contributed by atoms with Crippen LogP contribution in [-0.4, -0.2) is 26.2 Å². The zero-order valence-corrected chi connectivity index (χ0v) is 17.9. The predicted octanol–water partition coefficient (Wildman–Crippen LogP) is 4.22. The molecule has 0 bridgehead atoms. The Balaban J connectivity index is 1.93. The second-order valence-corrected chi connectivity index (χ2v) is 8.71. The zero-order chi connectivity index (χ0) is 21.1. The number of nitrogens with one attached hydrogen (secondary N) is 1. The number of thioether (sulfide) groups is 2. The number of fused-ring (bicyclic) bond motifs is 1. The van der Waals surface area contributed by atoms with Gasteiger partial charge in [0, 0.05) is 5.75 Å². The van der Waals surface area contributed by atoms with Crippen LogP contribution < -0.4 is 11.3 Å². The van der Waals surface area contributed by atoms with Crippen LogP contribution in [0.4, 0.5) is 0 Å². The Labute approximate surface area is 181 Å². The van der Waals surface area contributed by atoms with Crippen molar-refractivity contribution in [3.05, 3.63) is 82.1 Å². The van der Waals surface area contributed by atoms with Gasteiger partial charge in [-0.2, -0.15) is 0 Å². The third-order valence-corrected chi connectivity index (χ3v) is 6.41. The Hall–Kier alpha value is -2.97. The fourth-order valence-electron chi connectivity index (χ4n) is 3.21. The second-order valence-electron chi connectivity index (χ2n) is 6.49. The van der Waals surface area contributed by atoms with E-state index in [2.05, 4.69) is 4.98 Å². The summed E-state index contributed by atoms with van der Waals surface area (Å²) in [7, 11) is 0. The number of hydrogen-bond acceptors (Lipinski definition) is 5. The first-order valence-electron chi connectivity index (χ1n) is 9.43. The average Bonchev–Trinajstić information content (AvgIpc) is 3.12. The number of primary amides is 1. The number of carbonyl (C=O) groups excluding carboxylic acids is 1. The van der Waals surface area contributed by atoms with Gasteiger partial charge < -0.3 is 10.7 Å². The maximum Gasteiger partial charge on any atom is 0.269 e. The van der Waals surface area contributed by atoms with E-state index in [-0.39, 0.29) is 16.5 Å². The number of para-hydroxylation sites is 1. The van der Waals surface area contributed by atoms with Crippen LogP contribution in [-0.2, 0) is 5.75 Å². The van der Waals surface area contributed by atoms with Crippen LogP contribution in [0.3, 0.4) is 0 Å². The number of nitrogens with two attached hydrogens (primary N) is 1. The van der Waals surface area contributed by atoms with E-state index < -0.39 is 5.91 Å². The molecule has 4 rings (SSSR count). The first kappa shape index (κ1) is 20.3. The quantitative estimate of drug-likeness (QED) is 0.334. The van der Waals surface area contributed by atoms with Crippen LogP contribution in [0.25, 0.3) is 16.7 Å². The number of benzene rings is 2. The molecule has 2 aromatic carbocycles. The van der Waals surface area contributed by atoms with Gasteiger partial charge in [0.05, 0.1) is 21.7 Å². The molecule has 0 atom stereocenters. The molecule has 2 heterocycles. The fraction of sp³-hybridized carbons (Fsp3) is 0.136. The molecule has 6 nitrogen and oxygen atoms in total. The summed E-state index contributed by atoms with van der Waals surface area (Å²) >= 11 is 2.90. The molecular weight excluding hydrogens is 416 g/mol. The molecule has 3 N–H and O–H groups in total. The van der Waals surface area contributed by atoms with Crippen molar-refractivity contribution in [2.24, 2.45) is 5.73 Å². The Bertz CT molecular complexity index is 1250. The molecule has 0 aliphatic carbocycles. The highest BCUT2D eigenvalue weighted by Gasteiger charge is 2.23. The highest BCUT2D eigenvalue weighted by Crippen LogP contribution is 2.30. The Morgan fingerprint density at radius 2 is 1.73 bits per heavy atom. The number of hydrogen-bond donors (Lipinski definition) is 2. The summed E-state index contributed by atoms with van der Waals surface area (Å²) in [5.41, 5.74) is 7.73. The van der Waals surface area contributed by atoms with Gasteiger partial charge in [-0.3, -0.25) is 14.2 Å². The molecule has 4 aromatic rings. The zero-order valence-electron chi connectivity index (χ0n) is 16.3. The third kappa shape index (κ3) is 3.88. The summed E-state index contributed by atoms with van der Waals surface area (Å²) in [6.45, 7) is 1.97. The molecule has 152 valence electrons. The summed E-state index contributed by atoms with van der Waals surface area (Å²) < 4.78 is 1.55. The lowest BCUT2D eigenvalue weighted by Crippen LogP contribution is -2.24. The number of carbonyl (C=O) groups is 1. The van der Waals surface area contributed by atoms with Crippen LogP contribution in [0.1, 0.15) is 22.8 Å². The summed E-state index contributed by atoms with van der Waals surface area (Å²) in [5, 5.41) is 1.36. The van der Waals surface area contributed by atoms with Gasteiger partial charge in [0.1, 0.15) is 5.65 Å². The second kappa shape index (κ2) is 8.81. The lowest BCUT2D eigenvalue weighted by molar-refractivity contribution is 0.0999. The number of nitrogens with zero attached hydrogens (tertiary/aromatic N) is 2. The van der Waals surface area contributed by atoms with Crippen LogP contribution in [0.5, 0.6) is 0 Å². The van der Waals surface area contributed by atoms with Gasteiger partial charge in [-0.05, 0) is 23.4 Å². The molecule has 0 aliphatic rings. The maximum absolute atomic E-state index is 13.6. The van der Waals surface area contributed by atoms with Gasteiger partial charge in [-0.1, -0.05) is 67.2 Å². The van der Waals surface area contributed by atoms with Crippen molar-refractivity contribution < 1.29 is 4.79 Å². The number of aromatic amines is 1. The normalized spacial score (nSPS) is 11.1. The van der Waals surface area contributed by atoms with Gasteiger partial charge in [0.25, 0.3) is 11.5 Å². The van der Waals surface area contributed by atoms with E-state index in [1.54, 1.807) is 4.57 Å². The topological polar surface area (TPSA) is 93.8 Å². The van der Waals surface area contributed by atoms with E-state index in [0.29, 0.717) is 27.3 Å².